The summed E-state index contributed by atoms with van der Waals surface area (Å²) in [6.07, 6.45) is 1.09. The van der Waals surface area contributed by atoms with Crippen molar-refractivity contribution in [1.82, 2.24) is 4.98 Å². The van der Waals surface area contributed by atoms with Gasteiger partial charge in [-0.25, -0.2) is 13.4 Å². The van der Waals surface area contributed by atoms with Crippen LogP contribution in [0.4, 0.5) is 5.13 Å². The summed E-state index contributed by atoms with van der Waals surface area (Å²) in [5.41, 5.74) is 1.89. The Morgan fingerprint density at radius 1 is 0.969 bits per heavy atom. The van der Waals surface area contributed by atoms with Crippen molar-refractivity contribution in [2.45, 2.75) is 23.0 Å². The number of aromatic nitrogens is 1. The second kappa shape index (κ2) is 9.38. The lowest BCUT2D eigenvalue weighted by Gasteiger charge is -2.31. The molecule has 170 valence electrons. The van der Waals surface area contributed by atoms with E-state index in [0.29, 0.717) is 37.4 Å². The number of anilines is 1. The Morgan fingerprint density at radius 2 is 1.72 bits per heavy atom. The van der Waals surface area contributed by atoms with Crippen LogP contribution in [-0.4, -0.2) is 53.1 Å². The minimum absolute atomic E-state index is 0.267. The first kappa shape index (κ1) is 22.4. The van der Waals surface area contributed by atoms with Crippen molar-refractivity contribution in [2.24, 2.45) is 0 Å². The summed E-state index contributed by atoms with van der Waals surface area (Å²) in [6.45, 7) is 1.28. The van der Waals surface area contributed by atoms with Crippen molar-refractivity contribution in [2.75, 3.05) is 39.3 Å². The summed E-state index contributed by atoms with van der Waals surface area (Å²) in [6, 6.07) is 12.6. The zero-order valence-corrected chi connectivity index (χ0v) is 19.9. The zero-order valence-electron chi connectivity index (χ0n) is 18.3. The third kappa shape index (κ3) is 4.40. The molecular formula is C23H26N2O5S2. The van der Waals surface area contributed by atoms with Gasteiger partial charge in [-0.1, -0.05) is 12.1 Å². The van der Waals surface area contributed by atoms with Crippen LogP contribution >= 0.6 is 11.3 Å². The van der Waals surface area contributed by atoms with Gasteiger partial charge in [0, 0.05) is 30.1 Å². The average molecular weight is 475 g/mol. The number of sulfone groups is 1. The maximum atomic E-state index is 13.2. The summed E-state index contributed by atoms with van der Waals surface area (Å²) >= 11 is 1.57. The van der Waals surface area contributed by atoms with Crippen molar-refractivity contribution < 1.29 is 22.6 Å². The van der Waals surface area contributed by atoms with E-state index in [1.165, 1.54) is 14.2 Å². The van der Waals surface area contributed by atoms with Gasteiger partial charge in [0.25, 0.3) is 0 Å². The Morgan fingerprint density at radius 3 is 2.41 bits per heavy atom. The molecule has 3 aromatic rings. The lowest BCUT2D eigenvalue weighted by atomic mass is 10.1. The molecule has 2 heterocycles. The maximum absolute atomic E-state index is 13.2. The van der Waals surface area contributed by atoms with E-state index in [9.17, 15) is 8.42 Å². The smallest absolute Gasteiger partial charge is 0.185 e. The Balaban J connectivity index is 1.46. The van der Waals surface area contributed by atoms with Gasteiger partial charge in [0.1, 0.15) is 5.75 Å². The van der Waals surface area contributed by atoms with E-state index in [2.05, 4.69) is 4.90 Å². The van der Waals surface area contributed by atoms with Crippen LogP contribution in [0, 0.1) is 0 Å². The van der Waals surface area contributed by atoms with Crippen molar-refractivity contribution in [3.63, 3.8) is 0 Å². The molecule has 1 fully saturated rings. The topological polar surface area (TPSA) is 78.0 Å². The summed E-state index contributed by atoms with van der Waals surface area (Å²) < 4.78 is 42.2. The number of benzene rings is 2. The number of nitrogens with zero attached hydrogens (tertiary/aromatic N) is 2. The first-order valence-corrected chi connectivity index (χ1v) is 12.7. The molecule has 1 aliphatic heterocycles. The van der Waals surface area contributed by atoms with Crippen LogP contribution in [0.2, 0.25) is 0 Å². The number of thiazole rings is 1. The molecule has 9 heteroatoms. The van der Waals surface area contributed by atoms with E-state index in [-0.39, 0.29) is 4.90 Å². The van der Waals surface area contributed by atoms with Crippen LogP contribution < -0.4 is 19.1 Å². The number of piperidine rings is 1. The molecule has 4 rings (SSSR count). The summed E-state index contributed by atoms with van der Waals surface area (Å²) in [5, 5.41) is 2.50. The molecule has 0 bridgehead atoms. The molecule has 0 radical (unpaired) electrons. The van der Waals surface area contributed by atoms with Crippen LogP contribution in [0.3, 0.4) is 0 Å². The Kier molecular flexibility index (Phi) is 6.57. The third-order valence-electron chi connectivity index (χ3n) is 5.69. The second-order valence-electron chi connectivity index (χ2n) is 7.50. The minimum atomic E-state index is -3.46. The van der Waals surface area contributed by atoms with Crippen LogP contribution in [0.1, 0.15) is 12.8 Å². The van der Waals surface area contributed by atoms with Gasteiger partial charge in [-0.15, -0.1) is 11.3 Å². The fourth-order valence-electron chi connectivity index (χ4n) is 3.87. The summed E-state index contributed by atoms with van der Waals surface area (Å²) in [7, 11) is 1.21. The molecule has 0 atom stereocenters. The van der Waals surface area contributed by atoms with E-state index in [1.54, 1.807) is 36.6 Å². The maximum Gasteiger partial charge on any atom is 0.185 e. The molecule has 0 saturated carbocycles. The van der Waals surface area contributed by atoms with E-state index < -0.39 is 15.1 Å². The number of rotatable bonds is 7. The molecule has 0 N–H and O–H groups in total. The van der Waals surface area contributed by atoms with Crippen LogP contribution in [0.15, 0.2) is 52.7 Å². The summed E-state index contributed by atoms with van der Waals surface area (Å²) in [5.74, 6) is 1.72. The van der Waals surface area contributed by atoms with E-state index in [4.69, 9.17) is 19.2 Å². The minimum Gasteiger partial charge on any atom is -0.497 e. The van der Waals surface area contributed by atoms with Crippen LogP contribution in [0.5, 0.6) is 17.2 Å². The molecule has 0 unspecified atom stereocenters. The molecular weight excluding hydrogens is 448 g/mol. The lowest BCUT2D eigenvalue weighted by Crippen LogP contribution is -2.39. The highest BCUT2D eigenvalue weighted by molar-refractivity contribution is 7.92. The van der Waals surface area contributed by atoms with Gasteiger partial charge in [0.15, 0.2) is 26.5 Å². The highest BCUT2D eigenvalue weighted by Gasteiger charge is 2.32. The Hall–Kier alpha value is -2.78. The van der Waals surface area contributed by atoms with Crippen molar-refractivity contribution in [3.8, 4) is 28.5 Å². The fraction of sp³-hybridized carbons (Fsp3) is 0.348. The lowest BCUT2D eigenvalue weighted by molar-refractivity contribution is 0.354. The highest BCUT2D eigenvalue weighted by Crippen LogP contribution is 2.35. The molecule has 0 amide bonds. The van der Waals surface area contributed by atoms with E-state index >= 15 is 0 Å². The first-order valence-electron chi connectivity index (χ1n) is 10.3. The number of hydrogen-bond acceptors (Lipinski definition) is 8. The van der Waals surface area contributed by atoms with Crippen LogP contribution in [-0.2, 0) is 9.84 Å². The molecule has 32 heavy (non-hydrogen) atoms. The van der Waals surface area contributed by atoms with Gasteiger partial charge in [0.05, 0.1) is 37.2 Å². The van der Waals surface area contributed by atoms with Gasteiger partial charge in [0.2, 0.25) is 0 Å². The normalized spacial score (nSPS) is 14.9. The van der Waals surface area contributed by atoms with Crippen LogP contribution in [0.25, 0.3) is 11.3 Å². The fourth-order valence-corrected chi connectivity index (χ4v) is 6.50. The monoisotopic (exact) mass is 474 g/mol. The van der Waals surface area contributed by atoms with Gasteiger partial charge in [-0.3, -0.25) is 0 Å². The molecule has 0 aliphatic carbocycles. The first-order chi connectivity index (χ1) is 15.5. The van der Waals surface area contributed by atoms with Crippen molar-refractivity contribution in [1.29, 1.82) is 0 Å². The Labute approximate surface area is 192 Å². The van der Waals surface area contributed by atoms with Crippen molar-refractivity contribution in [3.05, 3.63) is 47.8 Å². The van der Waals surface area contributed by atoms with Gasteiger partial charge < -0.3 is 19.1 Å². The Bertz CT molecular complexity index is 1180. The number of methoxy groups -OCH3 is 3. The standard InChI is InChI=1S/C23H26N2O5S2/c1-28-17-6-4-5-16(13-17)20-15-31-23(24-20)25-11-9-18(10-12-25)32(26,27)19-7-8-21(29-2)22(14-19)30-3/h4-8,13-15,18H,9-12H2,1-3H3. The van der Waals surface area contributed by atoms with Gasteiger partial charge in [-0.05, 0) is 37.1 Å². The average Bonchev–Trinajstić information content (AvgIpc) is 3.34. The highest BCUT2D eigenvalue weighted by atomic mass is 32.2. The largest absolute Gasteiger partial charge is 0.497 e. The number of hydrogen-bond donors (Lipinski definition) is 0. The second-order valence-corrected chi connectivity index (χ2v) is 10.6. The molecule has 1 aromatic heterocycles. The van der Waals surface area contributed by atoms with Crippen molar-refractivity contribution >= 4 is 26.3 Å². The molecule has 1 aliphatic rings. The molecule has 2 aromatic carbocycles. The molecule has 0 spiro atoms. The predicted octanol–water partition coefficient (Wildman–Crippen LogP) is 4.28. The van der Waals surface area contributed by atoms with Gasteiger partial charge in [-0.2, -0.15) is 0 Å². The predicted molar refractivity (Wildman–Crippen MR) is 126 cm³/mol. The van der Waals surface area contributed by atoms with Gasteiger partial charge >= 0.3 is 0 Å². The quantitative estimate of drug-likeness (QED) is 0.506. The molecule has 7 nitrogen and oxygen atoms in total. The summed E-state index contributed by atoms with van der Waals surface area (Å²) in [4.78, 5) is 7.20. The zero-order chi connectivity index (χ0) is 22.7. The SMILES string of the molecule is COc1cccc(-c2csc(N3CCC(S(=O)(=O)c4ccc(OC)c(OC)c4)CC3)n2)c1. The molecule has 1 saturated heterocycles. The number of ether oxygens (including phenoxy) is 3. The van der Waals surface area contributed by atoms with E-state index in [0.717, 1.165) is 22.1 Å². The third-order valence-corrected chi connectivity index (χ3v) is 8.85. The van der Waals surface area contributed by atoms with E-state index in [1.807, 2.05) is 29.6 Å².